The highest BCUT2D eigenvalue weighted by Crippen LogP contribution is 2.34. The second-order valence-corrected chi connectivity index (χ2v) is 8.33. The van der Waals surface area contributed by atoms with E-state index in [0.29, 0.717) is 12.0 Å². The van der Waals surface area contributed by atoms with Gasteiger partial charge in [0.05, 0.1) is 22.2 Å². The van der Waals surface area contributed by atoms with Crippen molar-refractivity contribution in [2.45, 2.75) is 25.3 Å². The van der Waals surface area contributed by atoms with E-state index in [1.165, 1.54) is 0 Å². The fraction of sp³-hybridized carbons (Fsp3) is 0.273. The molecule has 0 aliphatic carbocycles. The van der Waals surface area contributed by atoms with Crippen LogP contribution in [-0.4, -0.2) is 38.1 Å². The summed E-state index contributed by atoms with van der Waals surface area (Å²) in [6, 6.07) is 12.3. The van der Waals surface area contributed by atoms with Gasteiger partial charge in [0, 0.05) is 37.6 Å². The lowest BCUT2D eigenvalue weighted by Gasteiger charge is -2.26. The molecular weight excluding hydrogens is 382 g/mol. The third-order valence-corrected chi connectivity index (χ3v) is 6.29. The second-order valence-electron chi connectivity index (χ2n) is 7.38. The van der Waals surface area contributed by atoms with Gasteiger partial charge < -0.3 is 4.90 Å². The maximum atomic E-state index is 12.8. The number of aromatic nitrogens is 4. The number of hydrogen-bond acceptors (Lipinski definition) is 6. The van der Waals surface area contributed by atoms with Crippen LogP contribution in [0.4, 0.5) is 5.82 Å². The van der Waals surface area contributed by atoms with Gasteiger partial charge in [-0.1, -0.05) is 18.2 Å². The molecule has 1 aliphatic rings. The van der Waals surface area contributed by atoms with E-state index in [-0.39, 0.29) is 11.8 Å². The zero-order chi connectivity index (χ0) is 19.8. The number of para-hydroxylation sites is 1. The lowest BCUT2D eigenvalue weighted by atomic mass is 10.0. The third kappa shape index (κ3) is 3.42. The van der Waals surface area contributed by atoms with E-state index in [2.05, 4.69) is 16.1 Å². The van der Waals surface area contributed by atoms with E-state index >= 15 is 0 Å². The van der Waals surface area contributed by atoms with Gasteiger partial charge in [-0.2, -0.15) is 5.10 Å². The van der Waals surface area contributed by atoms with Crippen LogP contribution in [0, 0.1) is 0 Å². The fourth-order valence-corrected chi connectivity index (χ4v) is 4.68. The quantitative estimate of drug-likeness (QED) is 0.464. The van der Waals surface area contributed by atoms with E-state index < -0.39 is 0 Å². The molecule has 1 atom stereocenters. The topological polar surface area (TPSA) is 63.9 Å². The highest BCUT2D eigenvalue weighted by molar-refractivity contribution is 7.13. The first kappa shape index (κ1) is 18.0. The summed E-state index contributed by atoms with van der Waals surface area (Å²) in [6.07, 6.45) is 5.95. The molecular formula is C22H21N5OS. The first-order valence-electron chi connectivity index (χ1n) is 9.78. The van der Waals surface area contributed by atoms with Gasteiger partial charge >= 0.3 is 0 Å². The molecule has 7 heteroatoms. The lowest BCUT2D eigenvalue weighted by Crippen LogP contribution is -2.32. The maximum Gasteiger partial charge on any atom is 0.172 e. The van der Waals surface area contributed by atoms with Gasteiger partial charge in [0.25, 0.3) is 0 Å². The number of benzene rings is 1. The number of hydrogen-bond donors (Lipinski definition) is 0. The number of nitrogens with zero attached hydrogens (tertiary/aromatic N) is 5. The van der Waals surface area contributed by atoms with Crippen molar-refractivity contribution in [3.8, 4) is 10.7 Å². The Morgan fingerprint density at radius 3 is 2.90 bits per heavy atom. The summed E-state index contributed by atoms with van der Waals surface area (Å²) in [7, 11) is 1.83. The van der Waals surface area contributed by atoms with Gasteiger partial charge in [0.2, 0.25) is 0 Å². The summed E-state index contributed by atoms with van der Waals surface area (Å²) in [5.41, 5.74) is 1.61. The lowest BCUT2D eigenvalue weighted by molar-refractivity contribution is 0.0974. The monoisotopic (exact) mass is 403 g/mol. The molecule has 0 saturated carbocycles. The molecule has 6 nitrogen and oxygen atoms in total. The van der Waals surface area contributed by atoms with Crippen LogP contribution in [0.2, 0.25) is 0 Å². The molecule has 0 amide bonds. The maximum absolute atomic E-state index is 12.8. The Kier molecular flexibility index (Phi) is 4.60. The van der Waals surface area contributed by atoms with E-state index in [1.54, 1.807) is 28.4 Å². The molecule has 4 aromatic rings. The van der Waals surface area contributed by atoms with E-state index in [9.17, 15) is 4.79 Å². The number of fused-ring (bicyclic) bond motifs is 1. The summed E-state index contributed by atoms with van der Waals surface area (Å²) < 4.78 is 1.67. The van der Waals surface area contributed by atoms with Gasteiger partial charge in [-0.25, -0.2) is 9.97 Å². The van der Waals surface area contributed by atoms with Crippen molar-refractivity contribution >= 4 is 33.8 Å². The fourth-order valence-electron chi connectivity index (χ4n) is 4.02. The molecule has 29 heavy (non-hydrogen) atoms. The summed E-state index contributed by atoms with van der Waals surface area (Å²) in [6.45, 7) is 0.899. The molecule has 4 heterocycles. The number of carbonyl (C=O) groups is 1. The average molecular weight is 404 g/mol. The highest BCUT2D eigenvalue weighted by atomic mass is 32.1. The number of aryl methyl sites for hydroxylation is 1. The van der Waals surface area contributed by atoms with Crippen molar-refractivity contribution < 1.29 is 4.79 Å². The van der Waals surface area contributed by atoms with Crippen LogP contribution in [0.25, 0.3) is 21.6 Å². The molecule has 0 spiro atoms. The molecule has 0 bridgehead atoms. The third-order valence-electron chi connectivity index (χ3n) is 5.42. The zero-order valence-corrected chi connectivity index (χ0v) is 17.0. The standard InChI is InChI=1S/C22H21N5OS/c1-26-14-15(13-23-26)19(28)12-16-6-4-10-27(16)22-17-7-2-3-8-18(17)24-21(25-22)20-9-5-11-29-20/h2-3,5,7-9,11,13-14,16H,4,6,10,12H2,1H3/t16-/m0/s1. The Labute approximate surface area is 172 Å². The number of carbonyl (C=O) groups excluding carboxylic acids is 1. The summed E-state index contributed by atoms with van der Waals surface area (Å²) in [5.74, 6) is 1.81. The van der Waals surface area contributed by atoms with Gasteiger partial charge in [-0.15, -0.1) is 11.3 Å². The Morgan fingerprint density at radius 2 is 2.10 bits per heavy atom. The predicted molar refractivity (Wildman–Crippen MR) is 115 cm³/mol. The van der Waals surface area contributed by atoms with Gasteiger partial charge in [0.1, 0.15) is 5.82 Å². The summed E-state index contributed by atoms with van der Waals surface area (Å²) in [4.78, 5) is 25.9. The molecule has 0 radical (unpaired) electrons. The van der Waals surface area contributed by atoms with Crippen molar-refractivity contribution in [2.24, 2.45) is 7.05 Å². The molecule has 1 aromatic carbocycles. The van der Waals surface area contributed by atoms with Crippen LogP contribution >= 0.6 is 11.3 Å². The Bertz CT molecular complexity index is 1170. The summed E-state index contributed by atoms with van der Waals surface area (Å²) in [5, 5.41) is 7.21. The van der Waals surface area contributed by atoms with Crippen molar-refractivity contribution in [3.63, 3.8) is 0 Å². The van der Waals surface area contributed by atoms with Crippen LogP contribution in [0.5, 0.6) is 0 Å². The van der Waals surface area contributed by atoms with Crippen LogP contribution in [0.15, 0.2) is 54.2 Å². The van der Waals surface area contributed by atoms with Gasteiger partial charge in [0.15, 0.2) is 11.6 Å². The zero-order valence-electron chi connectivity index (χ0n) is 16.2. The second kappa shape index (κ2) is 7.40. The van der Waals surface area contributed by atoms with Crippen molar-refractivity contribution in [1.29, 1.82) is 0 Å². The molecule has 1 saturated heterocycles. The Hall–Kier alpha value is -3.06. The Balaban J connectivity index is 1.52. The first-order chi connectivity index (χ1) is 14.2. The number of Topliss-reactive ketones (excluding diaryl/α,β-unsaturated/α-hetero) is 1. The number of anilines is 1. The molecule has 5 rings (SSSR count). The number of rotatable bonds is 5. The van der Waals surface area contributed by atoms with Crippen LogP contribution in [0.1, 0.15) is 29.6 Å². The molecule has 3 aromatic heterocycles. The van der Waals surface area contributed by atoms with Crippen LogP contribution in [0.3, 0.4) is 0 Å². The number of ketones is 1. The summed E-state index contributed by atoms with van der Waals surface area (Å²) >= 11 is 1.64. The van der Waals surface area contributed by atoms with E-state index in [4.69, 9.17) is 9.97 Å². The first-order valence-corrected chi connectivity index (χ1v) is 10.7. The number of thiophene rings is 1. The minimum atomic E-state index is 0.131. The predicted octanol–water partition coefficient (Wildman–Crippen LogP) is 4.33. The van der Waals surface area contributed by atoms with E-state index in [0.717, 1.165) is 46.8 Å². The highest BCUT2D eigenvalue weighted by Gasteiger charge is 2.30. The van der Waals surface area contributed by atoms with Crippen molar-refractivity contribution in [3.05, 3.63) is 59.7 Å². The molecule has 1 fully saturated rings. The van der Waals surface area contributed by atoms with Gasteiger partial charge in [-0.05, 0) is 36.4 Å². The normalized spacial score (nSPS) is 16.6. The van der Waals surface area contributed by atoms with E-state index in [1.807, 2.05) is 42.8 Å². The van der Waals surface area contributed by atoms with Crippen LogP contribution < -0.4 is 4.90 Å². The molecule has 1 aliphatic heterocycles. The average Bonchev–Trinajstić information content (AvgIpc) is 3.49. The minimum absolute atomic E-state index is 0.131. The van der Waals surface area contributed by atoms with Crippen molar-refractivity contribution in [1.82, 2.24) is 19.7 Å². The largest absolute Gasteiger partial charge is 0.353 e. The SMILES string of the molecule is Cn1cc(C(=O)C[C@@H]2CCCN2c2nc(-c3cccs3)nc3ccccc23)cn1. The van der Waals surface area contributed by atoms with Crippen LogP contribution in [-0.2, 0) is 7.05 Å². The van der Waals surface area contributed by atoms with Crippen molar-refractivity contribution in [2.75, 3.05) is 11.4 Å². The minimum Gasteiger partial charge on any atom is -0.353 e. The Morgan fingerprint density at radius 1 is 1.21 bits per heavy atom. The molecule has 0 unspecified atom stereocenters. The molecule has 0 N–H and O–H groups in total. The molecule has 146 valence electrons. The van der Waals surface area contributed by atoms with Gasteiger partial charge in [-0.3, -0.25) is 9.48 Å². The smallest absolute Gasteiger partial charge is 0.172 e.